The van der Waals surface area contributed by atoms with E-state index in [4.69, 9.17) is 9.62 Å². The van der Waals surface area contributed by atoms with Crippen molar-refractivity contribution in [3.05, 3.63) is 23.7 Å². The molecule has 0 saturated carbocycles. The van der Waals surface area contributed by atoms with Crippen molar-refractivity contribution in [1.29, 1.82) is 0 Å². The number of oxime groups is 1. The van der Waals surface area contributed by atoms with Crippen molar-refractivity contribution in [3.63, 3.8) is 0 Å². The van der Waals surface area contributed by atoms with Crippen molar-refractivity contribution in [1.82, 2.24) is 4.90 Å². The summed E-state index contributed by atoms with van der Waals surface area (Å²) in [5.74, 6) is 0.836. The highest BCUT2D eigenvalue weighted by Gasteiger charge is 2.28. The van der Waals surface area contributed by atoms with E-state index in [1.54, 1.807) is 17.2 Å². The first-order chi connectivity index (χ1) is 8.67. The van der Waals surface area contributed by atoms with Gasteiger partial charge in [0.15, 0.2) is 0 Å². The van der Waals surface area contributed by atoms with Gasteiger partial charge in [-0.15, -0.1) is 0 Å². The number of aryl methyl sites for hydroxylation is 1. The molecule has 1 aliphatic heterocycles. The van der Waals surface area contributed by atoms with Crippen molar-refractivity contribution in [2.45, 2.75) is 26.7 Å². The molecule has 1 atom stereocenters. The third-order valence-corrected chi connectivity index (χ3v) is 3.41. The van der Waals surface area contributed by atoms with Crippen LogP contribution in [0.5, 0.6) is 0 Å². The van der Waals surface area contributed by atoms with Gasteiger partial charge in [-0.1, -0.05) is 19.0 Å². The molecule has 2 rings (SSSR count). The van der Waals surface area contributed by atoms with Crippen LogP contribution in [-0.4, -0.2) is 34.8 Å². The molecule has 0 aliphatic carbocycles. The minimum atomic E-state index is 0.00411. The third-order valence-electron chi connectivity index (χ3n) is 3.41. The topological polar surface area (TPSA) is 66.0 Å². The molecule has 0 aromatic carbocycles. The summed E-state index contributed by atoms with van der Waals surface area (Å²) >= 11 is 0. The Hall–Kier alpha value is -1.78. The van der Waals surface area contributed by atoms with Crippen molar-refractivity contribution in [2.24, 2.45) is 11.1 Å². The molecule has 1 fully saturated rings. The van der Waals surface area contributed by atoms with E-state index in [1.807, 2.05) is 13.8 Å². The van der Waals surface area contributed by atoms with Crippen LogP contribution in [-0.2, 0) is 6.42 Å². The highest BCUT2D eigenvalue weighted by Crippen LogP contribution is 2.19. The minimum absolute atomic E-state index is 0.00411. The smallest absolute Gasteiger partial charge is 0.257 e. The number of piperidine rings is 1. The van der Waals surface area contributed by atoms with E-state index >= 15 is 0 Å². The molecular formula is C13H18N2O3. The average Bonchev–Trinajstić information content (AvgIpc) is 2.86. The highest BCUT2D eigenvalue weighted by molar-refractivity contribution is 5.97. The minimum Gasteiger partial charge on any atom is -0.469 e. The molecule has 0 bridgehead atoms. The number of furan rings is 1. The van der Waals surface area contributed by atoms with Crippen LogP contribution in [0.3, 0.4) is 0 Å². The molecule has 98 valence electrons. The molecule has 5 heteroatoms. The number of nitrogens with zero attached hydrogens (tertiary/aromatic N) is 2. The largest absolute Gasteiger partial charge is 0.469 e. The normalized spacial score (nSPS) is 22.4. The van der Waals surface area contributed by atoms with E-state index in [-0.39, 0.29) is 11.8 Å². The summed E-state index contributed by atoms with van der Waals surface area (Å²) in [5, 5.41) is 12.1. The Labute approximate surface area is 106 Å². The fourth-order valence-corrected chi connectivity index (χ4v) is 2.33. The molecule has 1 aliphatic rings. The van der Waals surface area contributed by atoms with Gasteiger partial charge in [-0.05, 0) is 6.07 Å². The van der Waals surface area contributed by atoms with Gasteiger partial charge in [0.25, 0.3) is 5.91 Å². The van der Waals surface area contributed by atoms with Gasteiger partial charge in [-0.25, -0.2) is 0 Å². The van der Waals surface area contributed by atoms with Crippen molar-refractivity contribution in [2.75, 3.05) is 13.1 Å². The second-order valence-electron chi connectivity index (χ2n) is 4.60. The van der Waals surface area contributed by atoms with Gasteiger partial charge in [-0.2, -0.15) is 0 Å². The number of hydrogen-bond acceptors (Lipinski definition) is 4. The molecule has 0 radical (unpaired) electrons. The van der Waals surface area contributed by atoms with E-state index < -0.39 is 0 Å². The molecule has 0 spiro atoms. The van der Waals surface area contributed by atoms with Crippen LogP contribution in [0.15, 0.2) is 21.9 Å². The Kier molecular flexibility index (Phi) is 3.69. The maximum absolute atomic E-state index is 12.3. The van der Waals surface area contributed by atoms with Crippen LogP contribution in [0.2, 0.25) is 0 Å². The van der Waals surface area contributed by atoms with Crippen LogP contribution in [0.4, 0.5) is 0 Å². The molecule has 1 aromatic rings. The summed E-state index contributed by atoms with van der Waals surface area (Å²) in [6.07, 6.45) is 2.89. The lowest BCUT2D eigenvalue weighted by Crippen LogP contribution is -2.43. The lowest BCUT2D eigenvalue weighted by atomic mass is 9.97. The molecular weight excluding hydrogens is 232 g/mol. The molecule has 5 nitrogen and oxygen atoms in total. The summed E-state index contributed by atoms with van der Waals surface area (Å²) in [6.45, 7) is 5.11. The zero-order valence-electron chi connectivity index (χ0n) is 10.7. The van der Waals surface area contributed by atoms with Gasteiger partial charge in [0.1, 0.15) is 5.76 Å². The maximum atomic E-state index is 12.3. The van der Waals surface area contributed by atoms with Gasteiger partial charge < -0.3 is 14.5 Å². The summed E-state index contributed by atoms with van der Waals surface area (Å²) in [6, 6.07) is 1.72. The van der Waals surface area contributed by atoms with Crippen LogP contribution in [0.25, 0.3) is 0 Å². The Morgan fingerprint density at radius 1 is 1.67 bits per heavy atom. The van der Waals surface area contributed by atoms with Crippen LogP contribution >= 0.6 is 0 Å². The number of rotatable bonds is 2. The number of carbonyl (C=O) groups is 1. The number of hydrogen-bond donors (Lipinski definition) is 1. The maximum Gasteiger partial charge on any atom is 0.257 e. The Morgan fingerprint density at radius 3 is 3.06 bits per heavy atom. The SMILES string of the molecule is CCc1occc1C(=O)N1CC/C(=N/O)C(C)C1. The summed E-state index contributed by atoms with van der Waals surface area (Å²) in [4.78, 5) is 14.1. The highest BCUT2D eigenvalue weighted by atomic mass is 16.4. The van der Waals surface area contributed by atoms with Gasteiger partial charge in [0.2, 0.25) is 0 Å². The molecule has 1 saturated heterocycles. The number of likely N-dealkylation sites (tertiary alicyclic amines) is 1. The van der Waals surface area contributed by atoms with E-state index in [1.165, 1.54) is 0 Å². The van der Waals surface area contributed by atoms with E-state index in [2.05, 4.69) is 5.16 Å². The third kappa shape index (κ3) is 2.25. The van der Waals surface area contributed by atoms with Gasteiger partial charge in [0.05, 0.1) is 17.5 Å². The Bertz CT molecular complexity index is 465. The van der Waals surface area contributed by atoms with Crippen molar-refractivity contribution < 1.29 is 14.4 Å². The first kappa shape index (κ1) is 12.7. The number of amides is 1. The van der Waals surface area contributed by atoms with Crippen LogP contribution in [0.1, 0.15) is 36.4 Å². The van der Waals surface area contributed by atoms with Crippen LogP contribution < -0.4 is 0 Å². The van der Waals surface area contributed by atoms with E-state index in [0.717, 1.165) is 11.5 Å². The zero-order valence-corrected chi connectivity index (χ0v) is 10.7. The predicted molar refractivity (Wildman–Crippen MR) is 67.0 cm³/mol. The Balaban J connectivity index is 2.12. The predicted octanol–water partition coefficient (Wildman–Crippen LogP) is 2.15. The molecule has 1 aromatic heterocycles. The van der Waals surface area contributed by atoms with Gasteiger partial charge in [-0.3, -0.25) is 4.79 Å². The molecule has 2 heterocycles. The standard InChI is InChI=1S/C13H18N2O3/c1-3-12-10(5-7-18-12)13(16)15-6-4-11(14-17)9(2)8-15/h5,7,9,17H,3-4,6,8H2,1-2H3/b14-11-. The number of carbonyl (C=O) groups excluding carboxylic acids is 1. The van der Waals surface area contributed by atoms with Crippen molar-refractivity contribution in [3.8, 4) is 0 Å². The fraction of sp³-hybridized carbons (Fsp3) is 0.538. The molecule has 1 N–H and O–H groups in total. The lowest BCUT2D eigenvalue weighted by molar-refractivity contribution is 0.0731. The van der Waals surface area contributed by atoms with Crippen LogP contribution in [0, 0.1) is 5.92 Å². The quantitative estimate of drug-likeness (QED) is 0.646. The van der Waals surface area contributed by atoms with E-state index in [0.29, 0.717) is 31.5 Å². The molecule has 1 amide bonds. The van der Waals surface area contributed by atoms with Crippen molar-refractivity contribution >= 4 is 11.6 Å². The second kappa shape index (κ2) is 5.25. The second-order valence-corrected chi connectivity index (χ2v) is 4.60. The monoisotopic (exact) mass is 250 g/mol. The lowest BCUT2D eigenvalue weighted by Gasteiger charge is -2.31. The zero-order chi connectivity index (χ0) is 13.1. The first-order valence-corrected chi connectivity index (χ1v) is 6.23. The molecule has 1 unspecified atom stereocenters. The van der Waals surface area contributed by atoms with Gasteiger partial charge in [0, 0.05) is 31.8 Å². The first-order valence-electron chi connectivity index (χ1n) is 6.23. The summed E-state index contributed by atoms with van der Waals surface area (Å²) < 4.78 is 5.28. The molecule has 18 heavy (non-hydrogen) atoms. The summed E-state index contributed by atoms with van der Waals surface area (Å²) in [7, 11) is 0. The average molecular weight is 250 g/mol. The van der Waals surface area contributed by atoms with E-state index in [9.17, 15) is 4.79 Å². The fourth-order valence-electron chi connectivity index (χ4n) is 2.33. The Morgan fingerprint density at radius 2 is 2.44 bits per heavy atom. The summed E-state index contributed by atoms with van der Waals surface area (Å²) in [5.41, 5.74) is 1.41. The van der Waals surface area contributed by atoms with Gasteiger partial charge >= 0.3 is 0 Å².